The van der Waals surface area contributed by atoms with E-state index in [1.807, 2.05) is 0 Å². The summed E-state index contributed by atoms with van der Waals surface area (Å²) in [6.07, 6.45) is -0.566. The monoisotopic (exact) mass is 450 g/mol. The molecule has 0 amide bonds. The molecule has 0 unspecified atom stereocenters. The summed E-state index contributed by atoms with van der Waals surface area (Å²) in [5.41, 5.74) is 0.0481. The number of nitrogens with zero attached hydrogens (tertiary/aromatic N) is 2. The Morgan fingerprint density at radius 1 is 1.09 bits per heavy atom. The fourth-order valence-electron chi connectivity index (χ4n) is 3.33. The van der Waals surface area contributed by atoms with E-state index >= 15 is 0 Å². The zero-order valence-electron chi connectivity index (χ0n) is 16.7. The predicted octanol–water partition coefficient (Wildman–Crippen LogP) is 3.65. The molecule has 1 aliphatic heterocycles. The second kappa shape index (κ2) is 9.39. The Kier molecular flexibility index (Phi) is 6.40. The highest BCUT2D eigenvalue weighted by Gasteiger charge is 2.27. The zero-order valence-corrected chi connectivity index (χ0v) is 16.7. The van der Waals surface area contributed by atoms with Crippen LogP contribution in [-0.4, -0.2) is 35.5 Å². The molecule has 3 aromatic rings. The number of hydrogen-bond acceptors (Lipinski definition) is 5. The van der Waals surface area contributed by atoms with Crippen LogP contribution in [0.3, 0.4) is 0 Å². The fraction of sp³-hybridized carbons (Fsp3) is 0.273. The molecule has 168 valence electrons. The van der Waals surface area contributed by atoms with Gasteiger partial charge in [0.1, 0.15) is 24.9 Å². The largest absolute Gasteiger partial charge is 0.487 e. The number of ether oxygens (including phenoxy) is 3. The molecule has 2 aromatic carbocycles. The van der Waals surface area contributed by atoms with Crippen molar-refractivity contribution in [2.24, 2.45) is 0 Å². The third kappa shape index (κ3) is 4.75. The molecule has 4 rings (SSSR count). The Morgan fingerprint density at radius 3 is 2.72 bits per heavy atom. The number of fused-ring (bicyclic) bond motifs is 1. The number of hydrogen-bond donors (Lipinski definition) is 0. The average Bonchev–Trinajstić information content (AvgIpc) is 3.17. The van der Waals surface area contributed by atoms with Crippen molar-refractivity contribution in [3.63, 3.8) is 0 Å². The van der Waals surface area contributed by atoms with Crippen molar-refractivity contribution in [2.75, 3.05) is 19.9 Å². The molecule has 1 aromatic heterocycles. The van der Waals surface area contributed by atoms with E-state index in [1.165, 1.54) is 18.2 Å². The lowest BCUT2D eigenvalue weighted by atomic mass is 10.0. The molecular formula is C22H18F4N2O4. The van der Waals surface area contributed by atoms with Gasteiger partial charge in [0.05, 0.1) is 25.5 Å². The van der Waals surface area contributed by atoms with E-state index in [9.17, 15) is 22.4 Å². The maximum Gasteiger partial charge on any atom is 0.300 e. The van der Waals surface area contributed by atoms with Crippen molar-refractivity contribution < 1.29 is 31.8 Å². The molecule has 0 spiro atoms. The van der Waals surface area contributed by atoms with E-state index in [-0.39, 0.29) is 49.3 Å². The first-order valence-corrected chi connectivity index (χ1v) is 9.73. The Morgan fingerprint density at radius 2 is 1.94 bits per heavy atom. The summed E-state index contributed by atoms with van der Waals surface area (Å²) in [4.78, 5) is 15.5. The van der Waals surface area contributed by atoms with Gasteiger partial charge in [0, 0.05) is 11.6 Å². The highest BCUT2D eigenvalue weighted by atomic mass is 19.1. The molecule has 6 nitrogen and oxygen atoms in total. The van der Waals surface area contributed by atoms with Crippen molar-refractivity contribution in [1.29, 1.82) is 0 Å². The Hall–Kier alpha value is -3.40. The highest BCUT2D eigenvalue weighted by Crippen LogP contribution is 2.29. The van der Waals surface area contributed by atoms with Crippen LogP contribution in [0.2, 0.25) is 0 Å². The predicted molar refractivity (Wildman–Crippen MR) is 106 cm³/mol. The molecule has 0 aliphatic carbocycles. The molecule has 1 atom stereocenters. The SMILES string of the molecule is O=c1cc(COCCF)n2c(n1)O[C@H](COc1ccc(-c3cc(F)ccc3F)cc1F)C2. The van der Waals surface area contributed by atoms with E-state index in [4.69, 9.17) is 14.2 Å². The lowest BCUT2D eigenvalue weighted by molar-refractivity contribution is 0.101. The molecule has 32 heavy (non-hydrogen) atoms. The van der Waals surface area contributed by atoms with Gasteiger partial charge in [-0.15, -0.1) is 0 Å². The van der Waals surface area contributed by atoms with Crippen molar-refractivity contribution in [3.8, 4) is 22.9 Å². The van der Waals surface area contributed by atoms with Gasteiger partial charge < -0.3 is 14.2 Å². The summed E-state index contributed by atoms with van der Waals surface area (Å²) >= 11 is 0. The summed E-state index contributed by atoms with van der Waals surface area (Å²) in [6, 6.07) is 8.07. The van der Waals surface area contributed by atoms with Crippen LogP contribution >= 0.6 is 0 Å². The van der Waals surface area contributed by atoms with Gasteiger partial charge in [-0.25, -0.2) is 17.6 Å². The lowest BCUT2D eigenvalue weighted by Crippen LogP contribution is -2.24. The summed E-state index contributed by atoms with van der Waals surface area (Å²) in [7, 11) is 0. The number of benzene rings is 2. The van der Waals surface area contributed by atoms with Crippen LogP contribution in [-0.2, 0) is 17.9 Å². The van der Waals surface area contributed by atoms with Gasteiger partial charge in [0.25, 0.3) is 5.56 Å². The maximum absolute atomic E-state index is 14.5. The van der Waals surface area contributed by atoms with Crippen LogP contribution in [0.5, 0.6) is 11.8 Å². The third-order valence-corrected chi connectivity index (χ3v) is 4.80. The minimum atomic E-state index is -0.755. The number of aromatic nitrogens is 2. The molecule has 0 radical (unpaired) electrons. The van der Waals surface area contributed by atoms with Gasteiger partial charge in [-0.2, -0.15) is 4.98 Å². The summed E-state index contributed by atoms with van der Waals surface area (Å²) in [5, 5.41) is 0. The summed E-state index contributed by atoms with van der Waals surface area (Å²) in [5.74, 6) is -2.17. The second-order valence-corrected chi connectivity index (χ2v) is 7.04. The Labute approximate surface area is 180 Å². The molecule has 0 saturated carbocycles. The standard InChI is InChI=1S/C22H18F4N2O4/c23-5-6-30-11-15-9-21(29)27-22-28(15)10-16(32-22)12-31-20-4-1-13(7-19(20)26)17-8-14(24)2-3-18(17)25/h1-4,7-9,16H,5-6,10-12H2/t16-/m0/s1. The van der Waals surface area contributed by atoms with Crippen LogP contribution in [0.4, 0.5) is 17.6 Å². The molecular weight excluding hydrogens is 432 g/mol. The zero-order chi connectivity index (χ0) is 22.7. The van der Waals surface area contributed by atoms with Crippen molar-refractivity contribution in [1.82, 2.24) is 9.55 Å². The normalized spacial score (nSPS) is 14.8. The quantitative estimate of drug-likeness (QED) is 0.387. The Balaban J connectivity index is 1.43. The van der Waals surface area contributed by atoms with E-state index in [1.54, 1.807) is 4.57 Å². The number of halogens is 4. The van der Waals surface area contributed by atoms with E-state index in [0.29, 0.717) is 5.69 Å². The fourth-order valence-corrected chi connectivity index (χ4v) is 3.33. The van der Waals surface area contributed by atoms with Crippen molar-refractivity contribution >= 4 is 0 Å². The molecule has 0 fully saturated rings. The molecule has 0 saturated heterocycles. The van der Waals surface area contributed by atoms with E-state index in [2.05, 4.69) is 4.98 Å². The molecule has 2 heterocycles. The highest BCUT2D eigenvalue weighted by molar-refractivity contribution is 5.65. The van der Waals surface area contributed by atoms with Gasteiger partial charge in [-0.1, -0.05) is 6.07 Å². The number of rotatable bonds is 8. The first kappa shape index (κ1) is 21.8. The van der Waals surface area contributed by atoms with Crippen molar-refractivity contribution in [3.05, 3.63) is 76.0 Å². The van der Waals surface area contributed by atoms with Gasteiger partial charge in [-0.3, -0.25) is 9.36 Å². The third-order valence-electron chi connectivity index (χ3n) is 4.80. The molecule has 0 N–H and O–H groups in total. The van der Waals surface area contributed by atoms with Crippen LogP contribution in [0.15, 0.2) is 47.3 Å². The summed E-state index contributed by atoms with van der Waals surface area (Å²) < 4.78 is 72.0. The molecule has 10 heteroatoms. The molecule has 1 aliphatic rings. The first-order chi connectivity index (χ1) is 15.4. The van der Waals surface area contributed by atoms with Gasteiger partial charge in [0.2, 0.25) is 0 Å². The lowest BCUT2D eigenvalue weighted by Gasteiger charge is -2.13. The van der Waals surface area contributed by atoms with E-state index < -0.39 is 35.8 Å². The minimum absolute atomic E-state index is 0.0122. The average molecular weight is 450 g/mol. The maximum atomic E-state index is 14.5. The second-order valence-electron chi connectivity index (χ2n) is 7.04. The van der Waals surface area contributed by atoms with Gasteiger partial charge >= 0.3 is 6.01 Å². The smallest absolute Gasteiger partial charge is 0.300 e. The van der Waals surface area contributed by atoms with Crippen LogP contribution in [0.1, 0.15) is 5.69 Å². The van der Waals surface area contributed by atoms with Crippen LogP contribution in [0, 0.1) is 17.5 Å². The van der Waals surface area contributed by atoms with Crippen molar-refractivity contribution in [2.45, 2.75) is 19.3 Å². The minimum Gasteiger partial charge on any atom is -0.487 e. The van der Waals surface area contributed by atoms with Crippen LogP contribution in [0.25, 0.3) is 11.1 Å². The Bertz CT molecular complexity index is 1190. The van der Waals surface area contributed by atoms with E-state index in [0.717, 1.165) is 24.3 Å². The summed E-state index contributed by atoms with van der Waals surface area (Å²) in [6.45, 7) is -0.532. The molecule has 0 bridgehead atoms. The first-order valence-electron chi connectivity index (χ1n) is 9.73. The van der Waals surface area contributed by atoms with Gasteiger partial charge in [0.15, 0.2) is 17.7 Å². The topological polar surface area (TPSA) is 62.6 Å². The van der Waals surface area contributed by atoms with Crippen LogP contribution < -0.4 is 15.0 Å². The number of alkyl halides is 1. The van der Waals surface area contributed by atoms with Gasteiger partial charge in [-0.05, 0) is 35.9 Å².